The molecule has 5 heteroatoms. The van der Waals surface area contributed by atoms with E-state index in [9.17, 15) is 4.80 Å². The molecule has 0 radical (unpaired) electrons. The van der Waals surface area contributed by atoms with Crippen molar-refractivity contribution in [3.05, 3.63) is 13.2 Å². The molecular weight excluding hydrogens is 264 g/mol. The maximum Gasteiger partial charge on any atom is 0.188 e. The first-order valence-electron chi connectivity index (χ1n) is 6.29. The SMILES string of the molecule is C=C.C=O.C[Si](O)(CCCS)C1CCCCC1.O. The molecule has 0 bridgehead atoms. The fourth-order valence-corrected chi connectivity index (χ4v) is 5.77. The molecular formula is C13H30O3SSi. The highest BCUT2D eigenvalue weighted by Gasteiger charge is 2.34. The number of carbonyl (C=O) groups is 1. The van der Waals surface area contributed by atoms with Crippen molar-refractivity contribution < 1.29 is 15.1 Å². The zero-order chi connectivity index (χ0) is 13.7. The van der Waals surface area contributed by atoms with Crippen LogP contribution in [0.3, 0.4) is 0 Å². The van der Waals surface area contributed by atoms with Gasteiger partial charge < -0.3 is 15.1 Å². The van der Waals surface area contributed by atoms with Gasteiger partial charge in [0.1, 0.15) is 6.79 Å². The molecule has 1 fully saturated rings. The zero-order valence-electron chi connectivity index (χ0n) is 11.7. The van der Waals surface area contributed by atoms with Crippen LogP contribution in [0.5, 0.6) is 0 Å². The van der Waals surface area contributed by atoms with Crippen LogP contribution >= 0.6 is 12.6 Å². The molecule has 0 spiro atoms. The van der Waals surface area contributed by atoms with Gasteiger partial charge in [-0.15, -0.1) is 13.2 Å². The van der Waals surface area contributed by atoms with Crippen LogP contribution in [-0.2, 0) is 4.79 Å². The van der Waals surface area contributed by atoms with Crippen molar-refractivity contribution in [2.24, 2.45) is 0 Å². The minimum absolute atomic E-state index is 0. The normalized spacial score (nSPS) is 17.9. The molecule has 0 aliphatic heterocycles. The first kappa shape index (κ1) is 23.0. The quantitative estimate of drug-likeness (QED) is 0.475. The first-order valence-corrected chi connectivity index (χ1v) is 9.65. The van der Waals surface area contributed by atoms with E-state index in [-0.39, 0.29) is 5.48 Å². The minimum Gasteiger partial charge on any atom is -0.432 e. The van der Waals surface area contributed by atoms with E-state index in [1.54, 1.807) is 0 Å². The van der Waals surface area contributed by atoms with E-state index in [1.165, 1.54) is 32.1 Å². The van der Waals surface area contributed by atoms with E-state index in [0.29, 0.717) is 5.54 Å². The van der Waals surface area contributed by atoms with Gasteiger partial charge in [-0.3, -0.25) is 0 Å². The summed E-state index contributed by atoms with van der Waals surface area (Å²) in [5.41, 5.74) is 0.682. The lowest BCUT2D eigenvalue weighted by atomic mass is 10.0. The Morgan fingerprint density at radius 1 is 1.22 bits per heavy atom. The maximum atomic E-state index is 10.4. The summed E-state index contributed by atoms with van der Waals surface area (Å²) in [4.78, 5) is 18.4. The summed E-state index contributed by atoms with van der Waals surface area (Å²) in [6.07, 6.45) is 7.73. The first-order chi connectivity index (χ1) is 8.17. The lowest BCUT2D eigenvalue weighted by Crippen LogP contribution is -2.37. The molecule has 3 nitrogen and oxygen atoms in total. The highest BCUT2D eigenvalue weighted by atomic mass is 32.1. The van der Waals surface area contributed by atoms with Gasteiger partial charge in [0.25, 0.3) is 0 Å². The van der Waals surface area contributed by atoms with E-state index in [2.05, 4.69) is 32.3 Å². The molecule has 1 atom stereocenters. The third-order valence-corrected chi connectivity index (χ3v) is 7.34. The van der Waals surface area contributed by atoms with Crippen molar-refractivity contribution in [1.82, 2.24) is 0 Å². The van der Waals surface area contributed by atoms with Crippen molar-refractivity contribution in [2.75, 3.05) is 5.75 Å². The van der Waals surface area contributed by atoms with Gasteiger partial charge in [-0.25, -0.2) is 0 Å². The van der Waals surface area contributed by atoms with Crippen molar-refractivity contribution in [3.8, 4) is 0 Å². The summed E-state index contributed by atoms with van der Waals surface area (Å²) in [5, 5.41) is 0. The van der Waals surface area contributed by atoms with Gasteiger partial charge in [-0.1, -0.05) is 32.1 Å². The predicted octanol–water partition coefficient (Wildman–Crippen LogP) is 3.00. The minimum atomic E-state index is -1.87. The van der Waals surface area contributed by atoms with Crippen molar-refractivity contribution in [2.45, 2.75) is 56.7 Å². The van der Waals surface area contributed by atoms with Gasteiger partial charge in [-0.2, -0.15) is 12.6 Å². The Labute approximate surface area is 119 Å². The molecule has 1 aliphatic carbocycles. The standard InChI is InChI=1S/C10H22OSSi.C2H4.CH2O.H2O/c1-13(11,9-5-8-12)10-6-3-2-4-7-10;2*1-2;/h10-12H,2-9H2,1H3;1-2H2;1H2;1H2. The fourth-order valence-electron chi connectivity index (χ4n) is 2.37. The molecule has 0 amide bonds. The Bertz CT molecular complexity index is 172. The van der Waals surface area contributed by atoms with Gasteiger partial charge in [0.15, 0.2) is 8.32 Å². The second-order valence-electron chi connectivity index (χ2n) is 4.52. The van der Waals surface area contributed by atoms with E-state index in [1.807, 2.05) is 6.79 Å². The molecule has 18 heavy (non-hydrogen) atoms. The van der Waals surface area contributed by atoms with Crippen LogP contribution < -0.4 is 0 Å². The van der Waals surface area contributed by atoms with Gasteiger partial charge in [0.05, 0.1) is 0 Å². The van der Waals surface area contributed by atoms with Gasteiger partial charge in [-0.05, 0) is 30.3 Å². The third-order valence-electron chi connectivity index (χ3n) is 3.33. The van der Waals surface area contributed by atoms with Crippen LogP contribution in [-0.4, -0.2) is 31.1 Å². The van der Waals surface area contributed by atoms with Gasteiger partial charge in [0, 0.05) is 0 Å². The topological polar surface area (TPSA) is 68.8 Å². The summed E-state index contributed by atoms with van der Waals surface area (Å²) in [6.45, 7) is 10.1. The number of hydrogen-bond acceptors (Lipinski definition) is 3. The Morgan fingerprint density at radius 3 is 2.06 bits per heavy atom. The summed E-state index contributed by atoms with van der Waals surface area (Å²) in [6, 6.07) is 1.06. The molecule has 0 aromatic rings. The Balaban J connectivity index is -0.000000409. The smallest absolute Gasteiger partial charge is 0.188 e. The molecule has 0 saturated heterocycles. The Kier molecular flexibility index (Phi) is 19.1. The van der Waals surface area contributed by atoms with Crippen LogP contribution in [0.2, 0.25) is 18.1 Å². The lowest BCUT2D eigenvalue weighted by Gasteiger charge is -2.33. The largest absolute Gasteiger partial charge is 0.432 e. The van der Waals surface area contributed by atoms with Crippen LogP contribution in [0.1, 0.15) is 38.5 Å². The predicted molar refractivity (Wildman–Crippen MR) is 85.9 cm³/mol. The van der Waals surface area contributed by atoms with Crippen LogP contribution in [0.4, 0.5) is 0 Å². The van der Waals surface area contributed by atoms with E-state index < -0.39 is 8.32 Å². The second-order valence-corrected chi connectivity index (χ2v) is 9.00. The zero-order valence-corrected chi connectivity index (χ0v) is 13.6. The Hall–Kier alpha value is -0.103. The Morgan fingerprint density at radius 2 is 1.67 bits per heavy atom. The highest BCUT2D eigenvalue weighted by molar-refractivity contribution is 7.80. The summed E-state index contributed by atoms with van der Waals surface area (Å²) < 4.78 is 0. The van der Waals surface area contributed by atoms with Crippen molar-refractivity contribution in [1.29, 1.82) is 0 Å². The molecule has 1 unspecified atom stereocenters. The maximum absolute atomic E-state index is 10.4. The summed E-state index contributed by atoms with van der Waals surface area (Å²) in [7, 11) is -1.87. The number of rotatable bonds is 4. The molecule has 0 aromatic carbocycles. The molecule has 1 rings (SSSR count). The molecule has 110 valence electrons. The third kappa shape index (κ3) is 9.88. The van der Waals surface area contributed by atoms with Crippen molar-refractivity contribution >= 4 is 27.7 Å². The molecule has 1 aliphatic rings. The van der Waals surface area contributed by atoms with E-state index >= 15 is 0 Å². The second kappa shape index (κ2) is 15.0. The van der Waals surface area contributed by atoms with E-state index in [4.69, 9.17) is 4.79 Å². The number of thiol groups is 1. The molecule has 1 saturated carbocycles. The monoisotopic (exact) mass is 294 g/mol. The summed E-state index contributed by atoms with van der Waals surface area (Å²) in [5.74, 6) is 0.926. The number of carbonyl (C=O) groups excluding carboxylic acids is 1. The molecule has 0 heterocycles. The number of hydrogen-bond donors (Lipinski definition) is 2. The summed E-state index contributed by atoms with van der Waals surface area (Å²) >= 11 is 4.21. The molecule has 0 aromatic heterocycles. The fraction of sp³-hybridized carbons (Fsp3) is 0.769. The lowest BCUT2D eigenvalue weighted by molar-refractivity contribution is -0.0979. The van der Waals surface area contributed by atoms with Crippen molar-refractivity contribution in [3.63, 3.8) is 0 Å². The average Bonchev–Trinajstić information content (AvgIpc) is 2.42. The average molecular weight is 295 g/mol. The van der Waals surface area contributed by atoms with Gasteiger partial charge in [0.2, 0.25) is 0 Å². The highest BCUT2D eigenvalue weighted by Crippen LogP contribution is 2.37. The van der Waals surface area contributed by atoms with Crippen LogP contribution in [0.15, 0.2) is 13.2 Å². The van der Waals surface area contributed by atoms with Crippen LogP contribution in [0.25, 0.3) is 0 Å². The van der Waals surface area contributed by atoms with E-state index in [0.717, 1.165) is 18.2 Å². The molecule has 3 N–H and O–H groups in total. The van der Waals surface area contributed by atoms with Crippen LogP contribution in [0, 0.1) is 0 Å². The van der Waals surface area contributed by atoms with Gasteiger partial charge >= 0.3 is 0 Å².